The molecule has 10 heteroatoms. The molecule has 1 aliphatic carbocycles. The molecule has 162 valence electrons. The highest BCUT2D eigenvalue weighted by molar-refractivity contribution is 7.99. The molecule has 4 rings (SSSR count). The van der Waals surface area contributed by atoms with Crippen LogP contribution in [0.2, 0.25) is 0 Å². The van der Waals surface area contributed by atoms with Crippen LogP contribution in [-0.4, -0.2) is 41.9 Å². The van der Waals surface area contributed by atoms with Crippen LogP contribution in [0.4, 0.5) is 5.69 Å². The lowest BCUT2D eigenvalue weighted by Crippen LogP contribution is -2.19. The number of hydrogen-bond donors (Lipinski definition) is 2. The summed E-state index contributed by atoms with van der Waals surface area (Å²) < 4.78 is 27.9. The van der Waals surface area contributed by atoms with Gasteiger partial charge in [0.25, 0.3) is 0 Å². The van der Waals surface area contributed by atoms with E-state index >= 15 is 0 Å². The smallest absolute Gasteiger partial charge is 0.240 e. The molecule has 31 heavy (non-hydrogen) atoms. The summed E-state index contributed by atoms with van der Waals surface area (Å²) in [6.45, 7) is 0.672. The Morgan fingerprint density at radius 1 is 1.10 bits per heavy atom. The number of anilines is 1. The monoisotopic (exact) mass is 457 g/mol. The molecule has 2 aromatic carbocycles. The van der Waals surface area contributed by atoms with Crippen LogP contribution in [0, 0.1) is 0 Å². The molecule has 0 saturated heterocycles. The fraction of sp³-hybridized carbons (Fsp3) is 0.286. The van der Waals surface area contributed by atoms with Crippen LogP contribution in [-0.2, 0) is 21.4 Å². The Morgan fingerprint density at radius 2 is 1.81 bits per heavy atom. The van der Waals surface area contributed by atoms with Gasteiger partial charge in [0.1, 0.15) is 5.82 Å². The second kappa shape index (κ2) is 9.21. The molecule has 1 fully saturated rings. The van der Waals surface area contributed by atoms with Crippen molar-refractivity contribution in [2.24, 2.45) is 0 Å². The van der Waals surface area contributed by atoms with E-state index in [1.807, 2.05) is 18.2 Å². The number of thioether (sulfide) groups is 1. The van der Waals surface area contributed by atoms with E-state index in [-0.39, 0.29) is 16.6 Å². The Morgan fingerprint density at radius 3 is 2.45 bits per heavy atom. The van der Waals surface area contributed by atoms with Gasteiger partial charge in [0, 0.05) is 11.6 Å². The Hall–Kier alpha value is -2.69. The van der Waals surface area contributed by atoms with Gasteiger partial charge in [0.05, 0.1) is 17.2 Å². The van der Waals surface area contributed by atoms with Crippen LogP contribution in [0.5, 0.6) is 0 Å². The van der Waals surface area contributed by atoms with Gasteiger partial charge in [-0.2, -0.15) is 0 Å². The number of rotatable bonds is 9. The fourth-order valence-electron chi connectivity index (χ4n) is 3.13. The number of carbonyl (C=O) groups excluding carboxylic acids is 1. The quantitative estimate of drug-likeness (QED) is 0.479. The van der Waals surface area contributed by atoms with E-state index in [4.69, 9.17) is 0 Å². The number of sulfonamides is 1. The molecule has 0 aliphatic heterocycles. The van der Waals surface area contributed by atoms with Gasteiger partial charge in [-0.05, 0) is 49.7 Å². The zero-order valence-electron chi connectivity index (χ0n) is 17.0. The maximum absolute atomic E-state index is 12.4. The maximum Gasteiger partial charge on any atom is 0.240 e. The molecule has 1 aliphatic rings. The van der Waals surface area contributed by atoms with Crippen LogP contribution in [0.1, 0.15) is 30.1 Å². The first-order valence-corrected chi connectivity index (χ1v) is 12.4. The number of aromatic nitrogens is 3. The Balaban J connectivity index is 1.40. The minimum Gasteiger partial charge on any atom is -0.325 e. The van der Waals surface area contributed by atoms with Gasteiger partial charge < -0.3 is 9.88 Å². The van der Waals surface area contributed by atoms with Gasteiger partial charge in [0.2, 0.25) is 15.9 Å². The largest absolute Gasteiger partial charge is 0.325 e. The second-order valence-electron chi connectivity index (χ2n) is 7.26. The summed E-state index contributed by atoms with van der Waals surface area (Å²) in [6.07, 6.45) is 2.24. The van der Waals surface area contributed by atoms with Gasteiger partial charge in [-0.25, -0.2) is 13.1 Å². The molecule has 0 radical (unpaired) electrons. The molecule has 1 aromatic heterocycles. The van der Waals surface area contributed by atoms with E-state index in [0.29, 0.717) is 18.2 Å². The lowest BCUT2D eigenvalue weighted by Gasteiger charge is -2.10. The number of amides is 1. The number of nitrogens with zero attached hydrogens (tertiary/aromatic N) is 3. The molecule has 0 atom stereocenters. The van der Waals surface area contributed by atoms with E-state index < -0.39 is 10.0 Å². The average molecular weight is 458 g/mol. The molecule has 1 saturated carbocycles. The third kappa shape index (κ3) is 5.33. The summed E-state index contributed by atoms with van der Waals surface area (Å²) in [6, 6.07) is 16.2. The number of nitrogens with one attached hydrogen (secondary N) is 2. The van der Waals surface area contributed by atoms with Crippen molar-refractivity contribution in [3.8, 4) is 0 Å². The van der Waals surface area contributed by atoms with E-state index in [9.17, 15) is 13.2 Å². The molecule has 1 heterocycles. The van der Waals surface area contributed by atoms with Crippen molar-refractivity contribution < 1.29 is 13.2 Å². The van der Waals surface area contributed by atoms with Crippen molar-refractivity contribution in [3.05, 3.63) is 66.0 Å². The topological polar surface area (TPSA) is 106 Å². The molecule has 2 N–H and O–H groups in total. The van der Waals surface area contributed by atoms with E-state index in [1.54, 1.807) is 12.1 Å². The lowest BCUT2D eigenvalue weighted by atomic mass is 10.2. The van der Waals surface area contributed by atoms with Crippen LogP contribution >= 0.6 is 11.8 Å². The van der Waals surface area contributed by atoms with Crippen LogP contribution in [0.3, 0.4) is 0 Å². The Bertz CT molecular complexity index is 1160. The highest BCUT2D eigenvalue weighted by Crippen LogP contribution is 2.40. The number of carbonyl (C=O) groups is 1. The molecule has 0 spiro atoms. The fourth-order valence-corrected chi connectivity index (χ4v) is 4.60. The van der Waals surface area contributed by atoms with Gasteiger partial charge >= 0.3 is 0 Å². The van der Waals surface area contributed by atoms with E-state index in [0.717, 1.165) is 29.4 Å². The predicted molar refractivity (Wildman–Crippen MR) is 120 cm³/mol. The van der Waals surface area contributed by atoms with E-state index in [1.165, 1.54) is 30.9 Å². The van der Waals surface area contributed by atoms with Crippen LogP contribution in [0.25, 0.3) is 0 Å². The number of benzene rings is 2. The maximum atomic E-state index is 12.4. The predicted octanol–water partition coefficient (Wildman–Crippen LogP) is 2.84. The molecular weight excluding hydrogens is 434 g/mol. The van der Waals surface area contributed by atoms with Crippen LogP contribution in [0.15, 0.2) is 64.6 Å². The zero-order chi connectivity index (χ0) is 21.8. The highest BCUT2D eigenvalue weighted by atomic mass is 32.2. The first kappa shape index (κ1) is 21.5. The normalized spacial score (nSPS) is 13.8. The summed E-state index contributed by atoms with van der Waals surface area (Å²) in [7, 11) is -2.15. The summed E-state index contributed by atoms with van der Waals surface area (Å²) in [4.78, 5) is 12.6. The first-order chi connectivity index (χ1) is 15.0. The lowest BCUT2D eigenvalue weighted by molar-refractivity contribution is -0.113. The Labute approximate surface area is 185 Å². The van der Waals surface area contributed by atoms with Crippen molar-refractivity contribution in [2.45, 2.75) is 35.4 Å². The summed E-state index contributed by atoms with van der Waals surface area (Å²) in [5.74, 6) is 1.41. The number of hydrogen-bond acceptors (Lipinski definition) is 6. The third-order valence-electron chi connectivity index (χ3n) is 4.92. The standard InChI is InChI=1S/C21H23N5O3S2/c1-22-31(28,29)18-11-9-17(10-12-18)23-19(27)14-30-21-25-24-20(16-7-8-16)26(21)13-15-5-3-2-4-6-15/h2-6,9-12,16,22H,7-8,13-14H2,1H3,(H,23,27). The molecule has 0 bridgehead atoms. The van der Waals surface area contributed by atoms with Crippen molar-refractivity contribution in [1.82, 2.24) is 19.5 Å². The van der Waals surface area contributed by atoms with Crippen molar-refractivity contribution >= 4 is 33.4 Å². The van der Waals surface area contributed by atoms with Gasteiger partial charge in [0.15, 0.2) is 5.16 Å². The van der Waals surface area contributed by atoms with Crippen LogP contribution < -0.4 is 10.0 Å². The molecule has 8 nitrogen and oxygen atoms in total. The van der Waals surface area contributed by atoms with Gasteiger partial charge in [-0.1, -0.05) is 42.1 Å². The van der Waals surface area contributed by atoms with Crippen molar-refractivity contribution in [2.75, 3.05) is 18.1 Å². The molecule has 0 unspecified atom stereocenters. The Kier molecular flexibility index (Phi) is 6.40. The SMILES string of the molecule is CNS(=O)(=O)c1ccc(NC(=O)CSc2nnc(C3CC3)n2Cc2ccccc2)cc1. The average Bonchev–Trinajstić information content (AvgIpc) is 3.55. The molecular formula is C21H23N5O3S2. The minimum atomic E-state index is -3.50. The summed E-state index contributed by atoms with van der Waals surface area (Å²) in [5, 5.41) is 12.2. The molecule has 1 amide bonds. The summed E-state index contributed by atoms with van der Waals surface area (Å²) in [5.41, 5.74) is 1.69. The highest BCUT2D eigenvalue weighted by Gasteiger charge is 2.30. The minimum absolute atomic E-state index is 0.143. The first-order valence-electron chi connectivity index (χ1n) is 9.89. The summed E-state index contributed by atoms with van der Waals surface area (Å²) >= 11 is 1.34. The third-order valence-corrected chi connectivity index (χ3v) is 7.32. The second-order valence-corrected chi connectivity index (χ2v) is 10.1. The van der Waals surface area contributed by atoms with E-state index in [2.05, 4.69) is 36.9 Å². The molecule has 3 aromatic rings. The van der Waals surface area contributed by atoms with Crippen molar-refractivity contribution in [3.63, 3.8) is 0 Å². The van der Waals surface area contributed by atoms with Gasteiger partial charge in [-0.15, -0.1) is 10.2 Å². The zero-order valence-corrected chi connectivity index (χ0v) is 18.6. The van der Waals surface area contributed by atoms with Crippen molar-refractivity contribution in [1.29, 1.82) is 0 Å². The van der Waals surface area contributed by atoms with Gasteiger partial charge in [-0.3, -0.25) is 4.79 Å².